The van der Waals surface area contributed by atoms with Crippen LogP contribution in [0, 0.1) is 26.7 Å². The molecule has 2 heteroatoms. The minimum Gasteiger partial charge on any atom is -0.387 e. The summed E-state index contributed by atoms with van der Waals surface area (Å²) in [6.07, 6.45) is 0.649. The van der Waals surface area contributed by atoms with Crippen LogP contribution in [0.25, 0.3) is 0 Å². The Morgan fingerprint density at radius 1 is 1.17 bits per heavy atom. The molecule has 1 unspecified atom stereocenters. The molecule has 1 aromatic carbocycles. The molecule has 0 radical (unpaired) electrons. The lowest BCUT2D eigenvalue weighted by Gasteiger charge is -2.32. The normalized spacial score (nSPS) is 14.9. The number of rotatable bonds is 5. The van der Waals surface area contributed by atoms with Gasteiger partial charge < -0.3 is 9.84 Å². The van der Waals surface area contributed by atoms with Crippen LogP contribution in [0.5, 0.6) is 0 Å². The highest BCUT2D eigenvalue weighted by molar-refractivity contribution is 5.38. The molecule has 1 aromatic rings. The van der Waals surface area contributed by atoms with Crippen molar-refractivity contribution in [3.8, 4) is 0 Å². The molecule has 0 heterocycles. The molecule has 1 N–H and O–H groups in total. The van der Waals surface area contributed by atoms with Gasteiger partial charge in [-0.2, -0.15) is 0 Å². The highest BCUT2D eigenvalue weighted by Crippen LogP contribution is 2.27. The summed E-state index contributed by atoms with van der Waals surface area (Å²) in [4.78, 5) is 0. The number of methoxy groups -OCH3 is 1. The lowest BCUT2D eigenvalue weighted by molar-refractivity contribution is -0.0639. The first-order valence-corrected chi connectivity index (χ1v) is 6.58. The highest BCUT2D eigenvalue weighted by Gasteiger charge is 2.32. The molecule has 0 spiro atoms. The van der Waals surface area contributed by atoms with Crippen molar-refractivity contribution in [2.45, 2.75) is 46.6 Å². The van der Waals surface area contributed by atoms with E-state index in [1.807, 2.05) is 13.8 Å². The van der Waals surface area contributed by atoms with Crippen molar-refractivity contribution in [1.82, 2.24) is 0 Å². The van der Waals surface area contributed by atoms with E-state index in [0.717, 1.165) is 0 Å². The standard InChI is InChI=1S/C16H26O2/c1-11(2)16(17,10-18-6)9-15-13(4)7-12(3)8-14(15)5/h7-8,11,17H,9-10H2,1-6H3. The summed E-state index contributed by atoms with van der Waals surface area (Å²) in [6.45, 7) is 10.8. The second-order valence-corrected chi connectivity index (χ2v) is 5.75. The van der Waals surface area contributed by atoms with Crippen LogP contribution in [0.4, 0.5) is 0 Å². The zero-order valence-electron chi connectivity index (χ0n) is 12.5. The van der Waals surface area contributed by atoms with Crippen LogP contribution in [0.1, 0.15) is 36.1 Å². The molecule has 2 nitrogen and oxygen atoms in total. The van der Waals surface area contributed by atoms with Gasteiger partial charge in [-0.3, -0.25) is 0 Å². The van der Waals surface area contributed by atoms with Crippen molar-refractivity contribution in [2.75, 3.05) is 13.7 Å². The lowest BCUT2D eigenvalue weighted by atomic mass is 9.82. The Labute approximate surface area is 111 Å². The van der Waals surface area contributed by atoms with E-state index in [9.17, 15) is 5.11 Å². The van der Waals surface area contributed by atoms with Gasteiger partial charge in [0.25, 0.3) is 0 Å². The molecule has 0 aliphatic carbocycles. The fourth-order valence-electron chi connectivity index (χ4n) is 2.47. The summed E-state index contributed by atoms with van der Waals surface area (Å²) in [5.74, 6) is 0.164. The number of hydrogen-bond donors (Lipinski definition) is 1. The first kappa shape index (κ1) is 15.2. The molecule has 0 saturated carbocycles. The first-order valence-electron chi connectivity index (χ1n) is 6.58. The highest BCUT2D eigenvalue weighted by atomic mass is 16.5. The van der Waals surface area contributed by atoms with Crippen molar-refractivity contribution in [1.29, 1.82) is 0 Å². The van der Waals surface area contributed by atoms with E-state index in [1.165, 1.54) is 22.3 Å². The van der Waals surface area contributed by atoms with Crippen molar-refractivity contribution in [3.05, 3.63) is 34.4 Å². The molecule has 18 heavy (non-hydrogen) atoms. The van der Waals surface area contributed by atoms with Crippen LogP contribution >= 0.6 is 0 Å². The third-order valence-electron chi connectivity index (χ3n) is 3.79. The Bertz CT molecular complexity index is 387. The van der Waals surface area contributed by atoms with E-state index in [0.29, 0.717) is 13.0 Å². The fraction of sp³-hybridized carbons (Fsp3) is 0.625. The second kappa shape index (κ2) is 5.85. The Morgan fingerprint density at radius 3 is 2.06 bits per heavy atom. The molecule has 0 fully saturated rings. The molecule has 1 rings (SSSR count). The average molecular weight is 250 g/mol. The van der Waals surface area contributed by atoms with E-state index in [4.69, 9.17) is 4.74 Å². The molecule has 1 atom stereocenters. The van der Waals surface area contributed by atoms with Gasteiger partial charge in [0.1, 0.15) is 0 Å². The molecule has 0 amide bonds. The monoisotopic (exact) mass is 250 g/mol. The molecule has 0 aliphatic heterocycles. The summed E-state index contributed by atoms with van der Waals surface area (Å²) in [7, 11) is 1.64. The van der Waals surface area contributed by atoms with Crippen molar-refractivity contribution in [2.24, 2.45) is 5.92 Å². The van der Waals surface area contributed by atoms with E-state index in [2.05, 4.69) is 32.9 Å². The van der Waals surface area contributed by atoms with Crippen LogP contribution in [-0.2, 0) is 11.2 Å². The van der Waals surface area contributed by atoms with E-state index < -0.39 is 5.60 Å². The average Bonchev–Trinajstić information content (AvgIpc) is 2.23. The largest absolute Gasteiger partial charge is 0.387 e. The van der Waals surface area contributed by atoms with Gasteiger partial charge in [-0.25, -0.2) is 0 Å². The van der Waals surface area contributed by atoms with Crippen molar-refractivity contribution in [3.63, 3.8) is 0 Å². The minimum absolute atomic E-state index is 0.164. The zero-order valence-corrected chi connectivity index (χ0v) is 12.5. The van der Waals surface area contributed by atoms with Gasteiger partial charge in [-0.15, -0.1) is 0 Å². The predicted octanol–water partition coefficient (Wildman–Crippen LogP) is 3.19. The van der Waals surface area contributed by atoms with Crippen LogP contribution in [-0.4, -0.2) is 24.4 Å². The maximum atomic E-state index is 10.7. The Hall–Kier alpha value is -0.860. The second-order valence-electron chi connectivity index (χ2n) is 5.75. The van der Waals surface area contributed by atoms with E-state index >= 15 is 0 Å². The van der Waals surface area contributed by atoms with Crippen LogP contribution in [0.3, 0.4) is 0 Å². The smallest absolute Gasteiger partial charge is 0.0942 e. The maximum Gasteiger partial charge on any atom is 0.0942 e. The van der Waals surface area contributed by atoms with Gasteiger partial charge in [-0.1, -0.05) is 31.5 Å². The third-order valence-corrected chi connectivity index (χ3v) is 3.79. The van der Waals surface area contributed by atoms with Gasteiger partial charge in [0.2, 0.25) is 0 Å². The first-order chi connectivity index (χ1) is 8.30. The van der Waals surface area contributed by atoms with Gasteiger partial charge in [0, 0.05) is 13.5 Å². The summed E-state index contributed by atoms with van der Waals surface area (Å²) >= 11 is 0. The summed E-state index contributed by atoms with van der Waals surface area (Å²) < 4.78 is 5.19. The molecular formula is C16H26O2. The van der Waals surface area contributed by atoms with Crippen molar-refractivity contribution >= 4 is 0 Å². The molecule has 0 aliphatic rings. The predicted molar refractivity (Wildman–Crippen MR) is 76.0 cm³/mol. The molecule has 102 valence electrons. The van der Waals surface area contributed by atoms with Crippen LogP contribution < -0.4 is 0 Å². The van der Waals surface area contributed by atoms with E-state index in [1.54, 1.807) is 7.11 Å². The Morgan fingerprint density at radius 2 is 1.67 bits per heavy atom. The lowest BCUT2D eigenvalue weighted by Crippen LogP contribution is -2.42. The SMILES string of the molecule is COCC(O)(Cc1c(C)cc(C)cc1C)C(C)C. The summed E-state index contributed by atoms with van der Waals surface area (Å²) in [5, 5.41) is 10.7. The van der Waals surface area contributed by atoms with E-state index in [-0.39, 0.29) is 5.92 Å². The Balaban J connectivity index is 3.09. The number of ether oxygens (including phenoxy) is 1. The van der Waals surface area contributed by atoms with Gasteiger partial charge >= 0.3 is 0 Å². The topological polar surface area (TPSA) is 29.5 Å². The Kier molecular flexibility index (Phi) is 4.94. The van der Waals surface area contributed by atoms with Gasteiger partial charge in [0.15, 0.2) is 0 Å². The maximum absolute atomic E-state index is 10.7. The summed E-state index contributed by atoms with van der Waals surface area (Å²) in [6, 6.07) is 4.35. The number of aryl methyl sites for hydroxylation is 3. The number of hydrogen-bond acceptors (Lipinski definition) is 2. The summed E-state index contributed by atoms with van der Waals surface area (Å²) in [5.41, 5.74) is 4.23. The molecule has 0 bridgehead atoms. The molecule has 0 saturated heterocycles. The van der Waals surface area contributed by atoms with Gasteiger partial charge in [0.05, 0.1) is 12.2 Å². The number of aliphatic hydroxyl groups is 1. The fourth-order valence-corrected chi connectivity index (χ4v) is 2.47. The molecule has 0 aromatic heterocycles. The van der Waals surface area contributed by atoms with Crippen LogP contribution in [0.15, 0.2) is 12.1 Å². The number of benzene rings is 1. The quantitative estimate of drug-likeness (QED) is 0.869. The van der Waals surface area contributed by atoms with Crippen LogP contribution in [0.2, 0.25) is 0 Å². The zero-order chi connectivity index (χ0) is 13.9. The third kappa shape index (κ3) is 3.33. The minimum atomic E-state index is -0.792. The van der Waals surface area contributed by atoms with Crippen molar-refractivity contribution < 1.29 is 9.84 Å². The molecular weight excluding hydrogens is 224 g/mol. The van der Waals surface area contributed by atoms with Gasteiger partial charge in [-0.05, 0) is 43.4 Å².